The molecule has 2 nitrogen and oxygen atoms in total. The molecule has 0 aliphatic carbocycles. The van der Waals surface area contributed by atoms with Gasteiger partial charge in [-0.3, -0.25) is 0 Å². The van der Waals surface area contributed by atoms with Gasteiger partial charge in [0.1, 0.15) is 4.29 Å². The third kappa shape index (κ3) is 11.1. The number of alkyl halides is 6. The largest absolute Gasteiger partial charge is 0.229 e. The van der Waals surface area contributed by atoms with Crippen LogP contribution >= 0.6 is 95.6 Å². The summed E-state index contributed by atoms with van der Waals surface area (Å²) in [4.78, 5) is 0. The van der Waals surface area contributed by atoms with Gasteiger partial charge in [0.05, 0.1) is 11.5 Å². The molecule has 0 fully saturated rings. The molecule has 0 saturated heterocycles. The Morgan fingerprint density at radius 2 is 1.00 bits per heavy atom. The minimum absolute atomic E-state index is 0.0649. The van der Waals surface area contributed by atoms with E-state index in [2.05, 4.69) is 95.6 Å². The van der Waals surface area contributed by atoms with Gasteiger partial charge in [0, 0.05) is 0 Å². The van der Waals surface area contributed by atoms with Crippen LogP contribution in [0.25, 0.3) is 0 Å². The molecule has 0 heterocycles. The van der Waals surface area contributed by atoms with Gasteiger partial charge in [0.15, 0.2) is 9.84 Å². The minimum Gasteiger partial charge on any atom is -0.229 e. The van der Waals surface area contributed by atoms with Gasteiger partial charge in [0.25, 0.3) is 0 Å². The molecule has 0 rings (SSSR count). The van der Waals surface area contributed by atoms with Crippen molar-refractivity contribution in [3.63, 3.8) is 0 Å². The summed E-state index contributed by atoms with van der Waals surface area (Å²) in [5.41, 5.74) is 0. The lowest BCUT2D eigenvalue weighted by Crippen LogP contribution is -2.26. The predicted octanol–water partition coefficient (Wildman–Crippen LogP) is 4.08. The van der Waals surface area contributed by atoms with Crippen molar-refractivity contribution in [2.24, 2.45) is 0 Å². The summed E-state index contributed by atoms with van der Waals surface area (Å²) < 4.78 is 21.4. The standard InChI is InChI=1S/C4H4Br6O2S/c5-3(6,7)1-13(11,12)2-4(8,9)10/h1-2H2. The van der Waals surface area contributed by atoms with Gasteiger partial charge in [-0.15, -0.1) is 0 Å². The molecule has 13 heavy (non-hydrogen) atoms. The average Bonchev–Trinajstić information content (AvgIpc) is 1.43. The molecule has 9 heteroatoms. The summed E-state index contributed by atoms with van der Waals surface area (Å²) in [6.07, 6.45) is 0. The van der Waals surface area contributed by atoms with Crippen molar-refractivity contribution in [1.29, 1.82) is 0 Å². The lowest BCUT2D eigenvalue weighted by molar-refractivity contribution is 0.597. The van der Waals surface area contributed by atoms with Crippen LogP contribution in [0, 0.1) is 0 Å². The first-order chi connectivity index (χ1) is 5.41. The van der Waals surface area contributed by atoms with Crippen LogP contribution < -0.4 is 0 Å². The third-order valence-electron chi connectivity index (χ3n) is 0.767. The zero-order chi connectivity index (χ0) is 10.9. The lowest BCUT2D eigenvalue weighted by atomic mass is 10.9. The van der Waals surface area contributed by atoms with Crippen molar-refractivity contribution < 1.29 is 8.42 Å². The summed E-state index contributed by atoms with van der Waals surface area (Å²) in [6.45, 7) is 0. The van der Waals surface area contributed by atoms with Crippen molar-refractivity contribution >= 4 is 105 Å². The van der Waals surface area contributed by atoms with E-state index in [4.69, 9.17) is 0 Å². The first kappa shape index (κ1) is 15.8. The highest BCUT2D eigenvalue weighted by molar-refractivity contribution is 9.40. The van der Waals surface area contributed by atoms with Crippen molar-refractivity contribution in [2.75, 3.05) is 11.5 Å². The molecule has 0 amide bonds. The summed E-state index contributed by atoms with van der Waals surface area (Å²) >= 11 is 18.8. The molecule has 0 radical (unpaired) electrons. The third-order valence-corrected chi connectivity index (χ3v) is 6.42. The Kier molecular flexibility index (Phi) is 6.63. The number of hydrogen-bond acceptors (Lipinski definition) is 2. The van der Waals surface area contributed by atoms with E-state index >= 15 is 0 Å². The molecule has 0 aromatic carbocycles. The maximum Gasteiger partial charge on any atom is 0.156 e. The second-order valence-corrected chi connectivity index (χ2v) is 18.8. The Morgan fingerprint density at radius 1 is 0.769 bits per heavy atom. The number of rotatable bonds is 2. The van der Waals surface area contributed by atoms with E-state index < -0.39 is 14.1 Å². The van der Waals surface area contributed by atoms with Crippen molar-refractivity contribution in [3.8, 4) is 0 Å². The van der Waals surface area contributed by atoms with Gasteiger partial charge in [-0.05, 0) is 0 Å². The van der Waals surface area contributed by atoms with Crippen LogP contribution in [-0.2, 0) is 9.84 Å². The molecule has 0 aromatic rings. The topological polar surface area (TPSA) is 34.1 Å². The maximum absolute atomic E-state index is 11.5. The Labute approximate surface area is 128 Å². The Hall–Kier alpha value is 2.83. The van der Waals surface area contributed by atoms with Gasteiger partial charge in [-0.1, -0.05) is 95.6 Å². The monoisotopic (exact) mass is 590 g/mol. The highest BCUT2D eigenvalue weighted by Gasteiger charge is 2.33. The minimum atomic E-state index is -3.18. The molecular formula is C4H4Br6O2S. The van der Waals surface area contributed by atoms with Gasteiger partial charge >= 0.3 is 0 Å². The highest BCUT2D eigenvalue weighted by Crippen LogP contribution is 2.39. The van der Waals surface area contributed by atoms with E-state index in [0.717, 1.165) is 0 Å². The molecule has 0 bridgehead atoms. The molecule has 0 aliphatic rings. The Balaban J connectivity index is 4.46. The fraction of sp³-hybridized carbons (Fsp3) is 1.00. The molecule has 0 spiro atoms. The normalized spacial score (nSPS) is 14.6. The van der Waals surface area contributed by atoms with E-state index in [1.54, 1.807) is 0 Å². The van der Waals surface area contributed by atoms with E-state index in [1.165, 1.54) is 0 Å². The van der Waals surface area contributed by atoms with Gasteiger partial charge in [0.2, 0.25) is 0 Å². The molecule has 0 aliphatic heterocycles. The molecular weight excluding hydrogens is 592 g/mol. The summed E-state index contributed by atoms with van der Waals surface area (Å²) in [5.74, 6) is -0.130. The lowest BCUT2D eigenvalue weighted by Gasteiger charge is -2.16. The number of hydrogen-bond donors (Lipinski definition) is 0. The van der Waals surface area contributed by atoms with Gasteiger partial charge < -0.3 is 0 Å². The molecule has 0 aromatic heterocycles. The summed E-state index contributed by atoms with van der Waals surface area (Å²) in [7, 11) is -3.18. The first-order valence-corrected chi connectivity index (χ1v) is 9.33. The Bertz CT molecular complexity index is 237. The van der Waals surface area contributed by atoms with E-state index in [9.17, 15) is 8.42 Å². The zero-order valence-electron chi connectivity index (χ0n) is 5.91. The van der Waals surface area contributed by atoms with E-state index in [1.807, 2.05) is 0 Å². The number of halogens is 6. The van der Waals surface area contributed by atoms with Crippen LogP contribution in [0.5, 0.6) is 0 Å². The van der Waals surface area contributed by atoms with Crippen molar-refractivity contribution in [3.05, 3.63) is 0 Å². The Morgan fingerprint density at radius 3 is 1.15 bits per heavy atom. The number of sulfone groups is 1. The zero-order valence-corrected chi connectivity index (χ0v) is 16.2. The summed E-state index contributed by atoms with van der Waals surface area (Å²) in [5, 5.41) is 0. The van der Waals surface area contributed by atoms with Gasteiger partial charge in [-0.25, -0.2) is 8.42 Å². The van der Waals surface area contributed by atoms with Crippen LogP contribution in [0.15, 0.2) is 0 Å². The second-order valence-electron chi connectivity index (χ2n) is 2.26. The van der Waals surface area contributed by atoms with Crippen molar-refractivity contribution in [2.45, 2.75) is 4.29 Å². The van der Waals surface area contributed by atoms with Crippen LogP contribution in [0.1, 0.15) is 0 Å². The molecule has 80 valence electrons. The van der Waals surface area contributed by atoms with Gasteiger partial charge in [-0.2, -0.15) is 0 Å². The average molecular weight is 596 g/mol. The van der Waals surface area contributed by atoms with Crippen LogP contribution in [0.4, 0.5) is 0 Å². The van der Waals surface area contributed by atoms with Crippen LogP contribution in [0.2, 0.25) is 0 Å². The molecule has 0 atom stereocenters. The fourth-order valence-corrected chi connectivity index (χ4v) is 7.93. The van der Waals surface area contributed by atoms with Crippen LogP contribution in [-0.4, -0.2) is 24.2 Å². The summed E-state index contributed by atoms with van der Waals surface area (Å²) in [6, 6.07) is 0. The van der Waals surface area contributed by atoms with Crippen molar-refractivity contribution in [1.82, 2.24) is 0 Å². The van der Waals surface area contributed by atoms with E-state index in [-0.39, 0.29) is 11.5 Å². The SMILES string of the molecule is O=S(=O)(CC(Br)(Br)Br)CC(Br)(Br)Br. The highest BCUT2D eigenvalue weighted by atomic mass is 80.0. The predicted molar refractivity (Wildman–Crippen MR) is 77.7 cm³/mol. The molecule has 0 saturated carbocycles. The molecule has 0 N–H and O–H groups in total. The van der Waals surface area contributed by atoms with E-state index in [0.29, 0.717) is 0 Å². The quantitative estimate of drug-likeness (QED) is 0.452. The fourth-order valence-electron chi connectivity index (χ4n) is 0.550. The maximum atomic E-state index is 11.5. The molecule has 0 unspecified atom stereocenters. The first-order valence-electron chi connectivity index (χ1n) is 2.75. The van der Waals surface area contributed by atoms with Crippen LogP contribution in [0.3, 0.4) is 0 Å². The smallest absolute Gasteiger partial charge is 0.156 e. The second kappa shape index (κ2) is 5.44.